The maximum atomic E-state index is 13.5. The van der Waals surface area contributed by atoms with Gasteiger partial charge < -0.3 is 10.1 Å². The van der Waals surface area contributed by atoms with Crippen molar-refractivity contribution in [3.63, 3.8) is 0 Å². The number of nitrogens with one attached hydrogen (secondary N) is 1. The first-order valence-electron chi connectivity index (χ1n) is 7.47. The summed E-state index contributed by atoms with van der Waals surface area (Å²) in [7, 11) is 0. The van der Waals surface area contributed by atoms with Crippen LogP contribution in [-0.2, 0) is 9.53 Å². The van der Waals surface area contributed by atoms with Crippen LogP contribution in [0.4, 0.5) is 14.5 Å². The highest BCUT2D eigenvalue weighted by atomic mass is 19.1. The van der Waals surface area contributed by atoms with Gasteiger partial charge in [0.05, 0.1) is 11.5 Å². The highest BCUT2D eigenvalue weighted by Crippen LogP contribution is 2.32. The average Bonchev–Trinajstić information content (AvgIpc) is 2.86. The predicted octanol–water partition coefficient (Wildman–Crippen LogP) is 3.06. The molecule has 0 unspecified atom stereocenters. The number of halogens is 2. The Hall–Kier alpha value is -3.09. The standard InChI is InChI=1S/C18H13F2NO4/c1-9-13-6-10(2-5-15(13)21-17(9)23)16(22)8-25-18(24)12-4-3-11(19)7-14(12)20/h2-7,9H,8H2,1H3,(H,21,23)/t9-/m1/s1. The Bertz CT molecular complexity index is 895. The molecular formula is C18H13F2NO4. The Morgan fingerprint density at radius 2 is 1.92 bits per heavy atom. The van der Waals surface area contributed by atoms with Gasteiger partial charge in [-0.2, -0.15) is 0 Å². The van der Waals surface area contributed by atoms with Gasteiger partial charge >= 0.3 is 5.97 Å². The van der Waals surface area contributed by atoms with E-state index in [0.717, 1.165) is 12.1 Å². The van der Waals surface area contributed by atoms with Gasteiger partial charge in [0.15, 0.2) is 12.4 Å². The summed E-state index contributed by atoms with van der Waals surface area (Å²) >= 11 is 0. The van der Waals surface area contributed by atoms with Crippen LogP contribution in [-0.4, -0.2) is 24.3 Å². The molecule has 25 heavy (non-hydrogen) atoms. The Labute approximate surface area is 141 Å². The molecule has 0 fully saturated rings. The number of ketones is 1. The van der Waals surface area contributed by atoms with E-state index in [1.54, 1.807) is 19.1 Å². The molecule has 0 spiro atoms. The average molecular weight is 345 g/mol. The topological polar surface area (TPSA) is 72.5 Å². The van der Waals surface area contributed by atoms with E-state index in [-0.39, 0.29) is 17.4 Å². The molecule has 0 bridgehead atoms. The van der Waals surface area contributed by atoms with Crippen LogP contribution in [0.2, 0.25) is 0 Å². The molecule has 1 aliphatic heterocycles. The second-order valence-corrected chi connectivity index (χ2v) is 5.64. The third-order valence-electron chi connectivity index (χ3n) is 3.98. The molecule has 3 rings (SSSR count). The monoisotopic (exact) mass is 345 g/mol. The van der Waals surface area contributed by atoms with Crippen molar-refractivity contribution in [3.05, 3.63) is 64.7 Å². The van der Waals surface area contributed by atoms with Crippen LogP contribution in [0.1, 0.15) is 39.1 Å². The van der Waals surface area contributed by atoms with Crippen molar-refractivity contribution in [2.24, 2.45) is 0 Å². The highest BCUT2D eigenvalue weighted by Gasteiger charge is 2.27. The number of carbonyl (C=O) groups is 3. The zero-order valence-electron chi connectivity index (χ0n) is 13.1. The van der Waals surface area contributed by atoms with Gasteiger partial charge in [-0.15, -0.1) is 0 Å². The van der Waals surface area contributed by atoms with Crippen LogP contribution in [0.5, 0.6) is 0 Å². The Morgan fingerprint density at radius 1 is 1.16 bits per heavy atom. The van der Waals surface area contributed by atoms with Crippen LogP contribution in [0.3, 0.4) is 0 Å². The predicted molar refractivity (Wildman–Crippen MR) is 84.5 cm³/mol. The molecule has 1 heterocycles. The maximum Gasteiger partial charge on any atom is 0.341 e. The van der Waals surface area contributed by atoms with Gasteiger partial charge in [0.2, 0.25) is 5.91 Å². The van der Waals surface area contributed by atoms with Crippen LogP contribution in [0, 0.1) is 11.6 Å². The van der Waals surface area contributed by atoms with E-state index in [1.165, 1.54) is 6.07 Å². The van der Waals surface area contributed by atoms with Crippen molar-refractivity contribution < 1.29 is 27.9 Å². The molecule has 1 N–H and O–H groups in total. The molecule has 1 atom stereocenters. The lowest BCUT2D eigenvalue weighted by Gasteiger charge is -2.07. The summed E-state index contributed by atoms with van der Waals surface area (Å²) in [5.41, 5.74) is 1.15. The van der Waals surface area contributed by atoms with Crippen LogP contribution in [0.15, 0.2) is 36.4 Å². The van der Waals surface area contributed by atoms with E-state index in [4.69, 9.17) is 4.74 Å². The summed E-state index contributed by atoms with van der Waals surface area (Å²) in [6, 6.07) is 7.10. The van der Waals surface area contributed by atoms with E-state index in [2.05, 4.69) is 5.32 Å². The van der Waals surface area contributed by atoms with Crippen molar-refractivity contribution in [2.75, 3.05) is 11.9 Å². The number of Topliss-reactive ketones (excluding diaryl/α,β-unsaturated/α-hetero) is 1. The minimum Gasteiger partial charge on any atom is -0.454 e. The number of hydrogen-bond donors (Lipinski definition) is 1. The summed E-state index contributed by atoms with van der Waals surface area (Å²) in [4.78, 5) is 35.6. The summed E-state index contributed by atoms with van der Waals surface area (Å²) in [6.45, 7) is 1.12. The fraction of sp³-hybridized carbons (Fsp3) is 0.167. The summed E-state index contributed by atoms with van der Waals surface area (Å²) in [6.07, 6.45) is 0. The third-order valence-corrected chi connectivity index (χ3v) is 3.98. The largest absolute Gasteiger partial charge is 0.454 e. The van der Waals surface area contributed by atoms with Gasteiger partial charge in [-0.3, -0.25) is 9.59 Å². The Balaban J connectivity index is 1.69. The molecule has 1 amide bonds. The number of carbonyl (C=O) groups excluding carboxylic acids is 3. The smallest absolute Gasteiger partial charge is 0.341 e. The molecule has 0 radical (unpaired) electrons. The number of anilines is 1. The summed E-state index contributed by atoms with van der Waals surface area (Å²) in [5.74, 6) is -3.97. The van der Waals surface area contributed by atoms with E-state index < -0.39 is 35.6 Å². The normalized spacial score (nSPS) is 15.5. The van der Waals surface area contributed by atoms with Gasteiger partial charge in [-0.25, -0.2) is 13.6 Å². The minimum absolute atomic E-state index is 0.155. The minimum atomic E-state index is -1.06. The number of amides is 1. The molecule has 128 valence electrons. The first-order chi connectivity index (χ1) is 11.9. The number of hydrogen-bond acceptors (Lipinski definition) is 4. The molecule has 7 heteroatoms. The van der Waals surface area contributed by atoms with E-state index in [0.29, 0.717) is 17.3 Å². The molecular weight excluding hydrogens is 332 g/mol. The zero-order valence-corrected chi connectivity index (χ0v) is 13.1. The molecule has 2 aromatic carbocycles. The van der Waals surface area contributed by atoms with Crippen molar-refractivity contribution in [1.82, 2.24) is 0 Å². The Kier molecular flexibility index (Phi) is 4.31. The second-order valence-electron chi connectivity index (χ2n) is 5.64. The van der Waals surface area contributed by atoms with Gasteiger partial charge in [0.25, 0.3) is 0 Å². The highest BCUT2D eigenvalue weighted by molar-refractivity contribution is 6.05. The number of rotatable bonds is 4. The SMILES string of the molecule is C[C@H]1C(=O)Nc2ccc(C(=O)COC(=O)c3ccc(F)cc3F)cc21. The van der Waals surface area contributed by atoms with Crippen molar-refractivity contribution in [3.8, 4) is 0 Å². The third kappa shape index (κ3) is 3.26. The fourth-order valence-electron chi connectivity index (χ4n) is 2.54. The van der Waals surface area contributed by atoms with Gasteiger partial charge in [0, 0.05) is 17.3 Å². The second kappa shape index (κ2) is 6.43. The van der Waals surface area contributed by atoms with Crippen LogP contribution >= 0.6 is 0 Å². The number of benzene rings is 2. The molecule has 0 aliphatic carbocycles. The lowest BCUT2D eigenvalue weighted by atomic mass is 9.99. The lowest BCUT2D eigenvalue weighted by Crippen LogP contribution is -2.15. The number of fused-ring (bicyclic) bond motifs is 1. The van der Waals surface area contributed by atoms with Gasteiger partial charge in [-0.1, -0.05) is 0 Å². The molecule has 0 saturated carbocycles. The number of esters is 1. The van der Waals surface area contributed by atoms with E-state index in [9.17, 15) is 23.2 Å². The van der Waals surface area contributed by atoms with Crippen molar-refractivity contribution >= 4 is 23.3 Å². The summed E-state index contributed by atoms with van der Waals surface area (Å²) < 4.78 is 31.2. The lowest BCUT2D eigenvalue weighted by molar-refractivity contribution is -0.116. The van der Waals surface area contributed by atoms with Gasteiger partial charge in [0.1, 0.15) is 11.6 Å². The first-order valence-corrected chi connectivity index (χ1v) is 7.47. The zero-order chi connectivity index (χ0) is 18.1. The molecule has 0 saturated heterocycles. The molecule has 5 nitrogen and oxygen atoms in total. The summed E-state index contributed by atoms with van der Waals surface area (Å²) in [5, 5.41) is 2.69. The first kappa shape index (κ1) is 16.8. The molecule has 2 aromatic rings. The van der Waals surface area contributed by atoms with E-state index in [1.807, 2.05) is 0 Å². The fourth-order valence-corrected chi connectivity index (χ4v) is 2.54. The van der Waals surface area contributed by atoms with Crippen molar-refractivity contribution in [2.45, 2.75) is 12.8 Å². The maximum absolute atomic E-state index is 13.5. The quantitative estimate of drug-likeness (QED) is 0.683. The van der Waals surface area contributed by atoms with Gasteiger partial charge in [-0.05, 0) is 42.8 Å². The van der Waals surface area contributed by atoms with E-state index >= 15 is 0 Å². The Morgan fingerprint density at radius 3 is 2.64 bits per heavy atom. The molecule has 1 aliphatic rings. The van der Waals surface area contributed by atoms with Crippen LogP contribution in [0.25, 0.3) is 0 Å². The van der Waals surface area contributed by atoms with Crippen LogP contribution < -0.4 is 5.32 Å². The molecule has 0 aromatic heterocycles. The number of ether oxygens (including phenoxy) is 1. The van der Waals surface area contributed by atoms with Crippen molar-refractivity contribution in [1.29, 1.82) is 0 Å².